The van der Waals surface area contributed by atoms with Crippen LogP contribution in [0.2, 0.25) is 0 Å². The van der Waals surface area contributed by atoms with Gasteiger partial charge in [-0.1, -0.05) is 109 Å². The molecule has 2 aromatic heterocycles. The lowest BCUT2D eigenvalue weighted by atomic mass is 10.1. The second-order valence-electron chi connectivity index (χ2n) is 10.3. The van der Waals surface area contributed by atoms with Gasteiger partial charge < -0.3 is 0 Å². The lowest BCUT2D eigenvalue weighted by Gasteiger charge is -2.01. The van der Waals surface area contributed by atoms with Crippen molar-refractivity contribution in [2.24, 2.45) is 0 Å². The molecule has 0 aliphatic carbocycles. The Hall–Kier alpha value is -6.14. The number of hydrogen-bond acceptors (Lipinski definition) is 4. The highest BCUT2D eigenvalue weighted by atomic mass is 16.1. The van der Waals surface area contributed by atoms with Crippen molar-refractivity contribution >= 4 is 46.1 Å². The maximum absolute atomic E-state index is 12.9. The Balaban J connectivity index is 1.19. The van der Waals surface area contributed by atoms with Gasteiger partial charge in [-0.05, 0) is 59.7 Å². The summed E-state index contributed by atoms with van der Waals surface area (Å²) < 4.78 is 3.42. The summed E-state index contributed by atoms with van der Waals surface area (Å²) in [6, 6.07) is 41.7. The van der Waals surface area contributed by atoms with Crippen LogP contribution in [0.15, 0.2) is 143 Å². The zero-order valence-corrected chi connectivity index (χ0v) is 23.6. The summed E-state index contributed by atoms with van der Waals surface area (Å²) in [5.41, 5.74) is 6.00. The van der Waals surface area contributed by atoms with Crippen LogP contribution >= 0.6 is 0 Å². The van der Waals surface area contributed by atoms with E-state index in [-0.39, 0.29) is 10.9 Å². The van der Waals surface area contributed by atoms with Gasteiger partial charge in [-0.2, -0.15) is 10.2 Å². The Morgan fingerprint density at radius 3 is 1.18 bits per heavy atom. The van der Waals surface area contributed by atoms with E-state index in [9.17, 15) is 9.59 Å². The van der Waals surface area contributed by atoms with Crippen LogP contribution < -0.4 is 10.9 Å². The van der Waals surface area contributed by atoms with Crippen LogP contribution in [-0.2, 0) is 0 Å². The highest BCUT2D eigenvalue weighted by molar-refractivity contribution is 5.91. The minimum atomic E-state index is -0.0845. The Morgan fingerprint density at radius 1 is 0.409 bits per heavy atom. The van der Waals surface area contributed by atoms with Crippen molar-refractivity contribution in [2.45, 2.75) is 0 Å². The molecule has 7 aromatic rings. The second-order valence-corrected chi connectivity index (χ2v) is 10.3. The third-order valence-electron chi connectivity index (χ3n) is 7.42. The number of rotatable bonds is 6. The third-order valence-corrected chi connectivity index (χ3v) is 7.42. The first-order chi connectivity index (χ1) is 21.7. The van der Waals surface area contributed by atoms with E-state index >= 15 is 0 Å². The predicted octanol–water partition coefficient (Wildman–Crippen LogP) is 7.43. The molecular weight excluding hydrogens is 544 g/mol. The van der Waals surface area contributed by atoms with Crippen molar-refractivity contribution in [1.29, 1.82) is 0 Å². The van der Waals surface area contributed by atoms with Gasteiger partial charge in [-0.15, -0.1) is 0 Å². The first-order valence-corrected chi connectivity index (χ1v) is 14.3. The summed E-state index contributed by atoms with van der Waals surface area (Å²) in [5, 5.41) is 11.2. The van der Waals surface area contributed by atoms with Gasteiger partial charge in [0.2, 0.25) is 10.9 Å². The van der Waals surface area contributed by atoms with Gasteiger partial charge >= 0.3 is 0 Å². The Morgan fingerprint density at radius 2 is 0.773 bits per heavy atom. The molecule has 0 fully saturated rings. The SMILES string of the molecule is O=c1ccccc2c(/C=C/c3ccc(/C=C/c4nn(-c5ccccc5)c5c(=O)ccccc45)cc3)nn(-c3ccccc3)c12. The Labute approximate surface area is 253 Å². The first-order valence-electron chi connectivity index (χ1n) is 14.3. The second kappa shape index (κ2) is 11.6. The highest BCUT2D eigenvalue weighted by Crippen LogP contribution is 2.23. The van der Waals surface area contributed by atoms with E-state index in [0.29, 0.717) is 22.4 Å². The molecule has 0 atom stereocenters. The fraction of sp³-hybridized carbons (Fsp3) is 0. The molecule has 44 heavy (non-hydrogen) atoms. The Kier molecular flexibility index (Phi) is 7.06. The minimum Gasteiger partial charge on any atom is -0.288 e. The van der Waals surface area contributed by atoms with E-state index in [1.165, 1.54) is 0 Å². The smallest absolute Gasteiger partial charge is 0.204 e. The van der Waals surface area contributed by atoms with Crippen LogP contribution in [0, 0.1) is 0 Å². The predicted molar refractivity (Wildman–Crippen MR) is 179 cm³/mol. The van der Waals surface area contributed by atoms with Gasteiger partial charge in [0.05, 0.1) is 22.8 Å². The molecule has 0 aliphatic rings. The molecule has 0 aliphatic heterocycles. The minimum absolute atomic E-state index is 0.0845. The van der Waals surface area contributed by atoms with E-state index in [1.54, 1.807) is 33.6 Å². The topological polar surface area (TPSA) is 69.8 Å². The van der Waals surface area contributed by atoms with E-state index in [2.05, 4.69) is 0 Å². The summed E-state index contributed by atoms with van der Waals surface area (Å²) in [4.78, 5) is 25.9. The first kappa shape index (κ1) is 26.7. The summed E-state index contributed by atoms with van der Waals surface area (Å²) >= 11 is 0. The highest BCUT2D eigenvalue weighted by Gasteiger charge is 2.13. The van der Waals surface area contributed by atoms with Gasteiger partial charge in [-0.3, -0.25) is 9.59 Å². The molecule has 0 spiro atoms. The van der Waals surface area contributed by atoms with E-state index in [1.807, 2.05) is 133 Å². The number of hydrogen-bond donors (Lipinski definition) is 0. The number of aromatic nitrogens is 4. The standard InChI is InChI=1S/C38H26N4O2/c43-35-17-9-7-15-31-33(39-41(37(31)35)29-11-3-1-4-12-29)25-23-27-19-21-28(22-20-27)24-26-34-32-16-8-10-18-36(44)38(32)42(40-34)30-13-5-2-6-14-30/h1-26H/b25-23+,26-24+. The summed E-state index contributed by atoms with van der Waals surface area (Å²) in [6.45, 7) is 0. The monoisotopic (exact) mass is 570 g/mol. The van der Waals surface area contributed by atoms with Crippen LogP contribution in [0.25, 0.3) is 57.5 Å². The van der Waals surface area contributed by atoms with Gasteiger partial charge in [-0.25, -0.2) is 9.36 Å². The normalized spacial score (nSPS) is 11.6. The Bertz CT molecular complexity index is 2140. The lowest BCUT2D eigenvalue weighted by Crippen LogP contribution is -2.04. The van der Waals surface area contributed by atoms with Gasteiger partial charge in [0, 0.05) is 10.8 Å². The van der Waals surface area contributed by atoms with Gasteiger partial charge in [0.15, 0.2) is 0 Å². The molecule has 0 N–H and O–H groups in total. The molecule has 0 saturated heterocycles. The van der Waals surface area contributed by atoms with Crippen molar-refractivity contribution in [3.63, 3.8) is 0 Å². The molecule has 5 aromatic carbocycles. The van der Waals surface area contributed by atoms with Crippen molar-refractivity contribution < 1.29 is 0 Å². The van der Waals surface area contributed by atoms with Crippen LogP contribution in [0.3, 0.4) is 0 Å². The molecule has 6 nitrogen and oxygen atoms in total. The average molecular weight is 571 g/mol. The number of fused-ring (bicyclic) bond motifs is 2. The number of benzene rings is 3. The van der Waals surface area contributed by atoms with Crippen LogP contribution in [0.4, 0.5) is 0 Å². The molecular formula is C38H26N4O2. The summed E-state index contributed by atoms with van der Waals surface area (Å²) in [6.07, 6.45) is 7.86. The number of nitrogens with zero attached hydrogens (tertiary/aromatic N) is 4. The maximum Gasteiger partial charge on any atom is 0.204 e. The zero-order valence-electron chi connectivity index (χ0n) is 23.6. The molecule has 0 saturated carbocycles. The molecule has 6 heteroatoms. The molecule has 0 amide bonds. The molecule has 7 rings (SSSR count). The number of para-hydroxylation sites is 2. The van der Waals surface area contributed by atoms with Crippen LogP contribution in [0.5, 0.6) is 0 Å². The van der Waals surface area contributed by atoms with Crippen molar-refractivity contribution in [3.8, 4) is 11.4 Å². The lowest BCUT2D eigenvalue weighted by molar-refractivity contribution is 0.902. The van der Waals surface area contributed by atoms with E-state index in [4.69, 9.17) is 10.2 Å². The molecule has 2 heterocycles. The molecule has 0 radical (unpaired) electrons. The van der Waals surface area contributed by atoms with E-state index in [0.717, 1.165) is 33.3 Å². The molecule has 0 unspecified atom stereocenters. The van der Waals surface area contributed by atoms with Gasteiger partial charge in [0.1, 0.15) is 11.0 Å². The van der Waals surface area contributed by atoms with Crippen molar-refractivity contribution in [1.82, 2.24) is 19.6 Å². The largest absolute Gasteiger partial charge is 0.288 e. The van der Waals surface area contributed by atoms with E-state index < -0.39 is 0 Å². The van der Waals surface area contributed by atoms with Crippen LogP contribution in [-0.4, -0.2) is 19.6 Å². The molecule has 0 bridgehead atoms. The van der Waals surface area contributed by atoms with Crippen molar-refractivity contribution in [2.75, 3.05) is 0 Å². The average Bonchev–Trinajstić information content (AvgIpc) is 3.48. The third kappa shape index (κ3) is 5.16. The fourth-order valence-electron chi connectivity index (χ4n) is 5.27. The van der Waals surface area contributed by atoms with Crippen LogP contribution in [0.1, 0.15) is 22.5 Å². The summed E-state index contributed by atoms with van der Waals surface area (Å²) in [7, 11) is 0. The fourth-order valence-corrected chi connectivity index (χ4v) is 5.27. The quantitative estimate of drug-likeness (QED) is 0.209. The maximum atomic E-state index is 12.9. The zero-order chi connectivity index (χ0) is 29.9. The van der Waals surface area contributed by atoms with Gasteiger partial charge in [0.25, 0.3) is 0 Å². The molecule has 210 valence electrons. The summed E-state index contributed by atoms with van der Waals surface area (Å²) in [5.74, 6) is 0. The van der Waals surface area contributed by atoms with Crippen molar-refractivity contribution in [3.05, 3.63) is 176 Å².